The fourth-order valence-electron chi connectivity index (χ4n) is 3.38. The van der Waals surface area contributed by atoms with E-state index >= 15 is 0 Å². The monoisotopic (exact) mass is 423 g/mol. The Balaban J connectivity index is 2.22. The topological polar surface area (TPSA) is 95.6 Å². The van der Waals surface area contributed by atoms with Gasteiger partial charge in [-0.3, -0.25) is 9.59 Å². The minimum absolute atomic E-state index is 0.0172. The van der Waals surface area contributed by atoms with Crippen LogP contribution < -0.4 is 10.6 Å². The van der Waals surface area contributed by atoms with Gasteiger partial charge in [0.05, 0.1) is 4.90 Å². The Hall–Kier alpha value is -1.93. The fourth-order valence-corrected chi connectivity index (χ4v) is 5.11. The third-order valence-electron chi connectivity index (χ3n) is 5.54. The largest absolute Gasteiger partial charge is 0.352 e. The number of carbonyl (C=O) groups is 2. The lowest BCUT2D eigenvalue weighted by Crippen LogP contribution is -2.47. The molecule has 1 heterocycles. The molecule has 162 valence electrons. The summed E-state index contributed by atoms with van der Waals surface area (Å²) in [6, 6.07) is 3.83. The summed E-state index contributed by atoms with van der Waals surface area (Å²) in [5.74, 6) is -0.727. The van der Waals surface area contributed by atoms with Crippen molar-refractivity contribution in [1.82, 2.24) is 14.9 Å². The van der Waals surface area contributed by atoms with Gasteiger partial charge in [-0.15, -0.1) is 0 Å². The second-order valence-electron chi connectivity index (χ2n) is 7.95. The molecule has 1 aliphatic heterocycles. The molecule has 0 saturated carbocycles. The van der Waals surface area contributed by atoms with E-state index in [0.717, 1.165) is 25.7 Å². The van der Waals surface area contributed by atoms with Gasteiger partial charge in [-0.05, 0) is 64.7 Å². The average molecular weight is 424 g/mol. The van der Waals surface area contributed by atoms with Crippen LogP contribution in [-0.4, -0.2) is 49.2 Å². The summed E-state index contributed by atoms with van der Waals surface area (Å²) < 4.78 is 27.7. The van der Waals surface area contributed by atoms with Gasteiger partial charge in [0, 0.05) is 24.2 Å². The molecule has 1 aliphatic rings. The molecule has 0 aromatic heterocycles. The maximum Gasteiger partial charge on any atom is 0.252 e. The standard InChI is InChI=1S/C21H33N3O4S/c1-6-15(3)22-20(25)17(5)23-21(26)19-13-18(11-10-14(19)2)29(27,28)24-12-8-7-9-16(24)4/h10-11,13,15-17H,6-9,12H2,1-5H3,(H,22,25)(H,23,26). The molecule has 1 fully saturated rings. The molecule has 2 N–H and O–H groups in total. The van der Waals surface area contributed by atoms with Crippen LogP contribution in [0.3, 0.4) is 0 Å². The summed E-state index contributed by atoms with van der Waals surface area (Å²) in [5.41, 5.74) is 0.918. The van der Waals surface area contributed by atoms with E-state index in [2.05, 4.69) is 10.6 Å². The van der Waals surface area contributed by atoms with Crippen molar-refractivity contribution < 1.29 is 18.0 Å². The van der Waals surface area contributed by atoms with Crippen molar-refractivity contribution in [1.29, 1.82) is 0 Å². The number of sulfonamides is 1. The summed E-state index contributed by atoms with van der Waals surface area (Å²) in [7, 11) is -3.67. The summed E-state index contributed by atoms with van der Waals surface area (Å²) in [6.07, 6.45) is 3.48. The Bertz CT molecular complexity index is 853. The number of benzene rings is 1. The molecule has 0 radical (unpaired) electrons. The van der Waals surface area contributed by atoms with Crippen molar-refractivity contribution in [2.24, 2.45) is 0 Å². The Morgan fingerprint density at radius 3 is 2.52 bits per heavy atom. The highest BCUT2D eigenvalue weighted by molar-refractivity contribution is 7.89. The zero-order valence-corrected chi connectivity index (χ0v) is 18.8. The molecule has 0 bridgehead atoms. The van der Waals surface area contributed by atoms with Crippen LogP contribution in [0.25, 0.3) is 0 Å². The van der Waals surface area contributed by atoms with E-state index in [1.807, 2.05) is 20.8 Å². The Kier molecular flexibility index (Phi) is 7.82. The van der Waals surface area contributed by atoms with E-state index in [1.165, 1.54) is 10.4 Å². The van der Waals surface area contributed by atoms with E-state index < -0.39 is 22.0 Å². The SMILES string of the molecule is CCC(C)NC(=O)C(C)NC(=O)c1cc(S(=O)(=O)N2CCCCC2C)ccc1C. The maximum absolute atomic E-state index is 13.1. The zero-order chi connectivity index (χ0) is 21.8. The third-order valence-corrected chi connectivity index (χ3v) is 7.55. The number of rotatable bonds is 7. The molecular formula is C21H33N3O4S. The van der Waals surface area contributed by atoms with E-state index in [-0.39, 0.29) is 28.4 Å². The van der Waals surface area contributed by atoms with Crippen molar-refractivity contribution in [3.63, 3.8) is 0 Å². The van der Waals surface area contributed by atoms with Gasteiger partial charge in [-0.2, -0.15) is 4.31 Å². The highest BCUT2D eigenvalue weighted by Gasteiger charge is 2.31. The molecule has 1 aromatic rings. The molecular weight excluding hydrogens is 390 g/mol. The van der Waals surface area contributed by atoms with Crippen molar-refractivity contribution >= 4 is 21.8 Å². The lowest BCUT2D eigenvalue weighted by atomic mass is 10.1. The van der Waals surface area contributed by atoms with Gasteiger partial charge in [0.25, 0.3) is 5.91 Å². The predicted octanol–water partition coefficient (Wildman–Crippen LogP) is 2.59. The van der Waals surface area contributed by atoms with Gasteiger partial charge in [0.15, 0.2) is 0 Å². The molecule has 3 unspecified atom stereocenters. The molecule has 29 heavy (non-hydrogen) atoms. The number of nitrogens with one attached hydrogen (secondary N) is 2. The molecule has 1 saturated heterocycles. The molecule has 8 heteroatoms. The first-order valence-corrected chi connectivity index (χ1v) is 11.8. The minimum atomic E-state index is -3.67. The van der Waals surface area contributed by atoms with Crippen LogP contribution in [0.1, 0.15) is 69.3 Å². The van der Waals surface area contributed by atoms with Crippen LogP contribution in [-0.2, 0) is 14.8 Å². The van der Waals surface area contributed by atoms with Gasteiger partial charge < -0.3 is 10.6 Å². The Morgan fingerprint density at radius 1 is 1.21 bits per heavy atom. The zero-order valence-electron chi connectivity index (χ0n) is 18.0. The van der Waals surface area contributed by atoms with Crippen LogP contribution in [0.4, 0.5) is 0 Å². The number of carbonyl (C=O) groups excluding carboxylic acids is 2. The quantitative estimate of drug-likeness (QED) is 0.705. The lowest BCUT2D eigenvalue weighted by Gasteiger charge is -2.32. The highest BCUT2D eigenvalue weighted by Crippen LogP contribution is 2.26. The van der Waals surface area contributed by atoms with Crippen LogP contribution in [0.5, 0.6) is 0 Å². The van der Waals surface area contributed by atoms with Gasteiger partial charge >= 0.3 is 0 Å². The highest BCUT2D eigenvalue weighted by atomic mass is 32.2. The van der Waals surface area contributed by atoms with E-state index in [9.17, 15) is 18.0 Å². The first kappa shape index (κ1) is 23.3. The van der Waals surface area contributed by atoms with E-state index in [1.54, 1.807) is 26.0 Å². The number of aryl methyl sites for hydroxylation is 1. The lowest BCUT2D eigenvalue weighted by molar-refractivity contribution is -0.123. The van der Waals surface area contributed by atoms with Crippen LogP contribution in [0.15, 0.2) is 23.1 Å². The second-order valence-corrected chi connectivity index (χ2v) is 9.84. The first-order valence-electron chi connectivity index (χ1n) is 10.3. The van der Waals surface area contributed by atoms with Crippen LogP contribution in [0, 0.1) is 6.92 Å². The van der Waals surface area contributed by atoms with Crippen molar-refractivity contribution in [2.45, 2.75) is 83.3 Å². The normalized spacial score (nSPS) is 20.0. The van der Waals surface area contributed by atoms with Crippen LogP contribution >= 0.6 is 0 Å². The second kappa shape index (κ2) is 9.71. The first-order chi connectivity index (χ1) is 13.6. The number of nitrogens with zero attached hydrogens (tertiary/aromatic N) is 1. The molecule has 1 aromatic carbocycles. The Labute approximate surface area is 174 Å². The van der Waals surface area contributed by atoms with Crippen molar-refractivity contribution in [3.05, 3.63) is 29.3 Å². The van der Waals surface area contributed by atoms with Crippen molar-refractivity contribution in [2.75, 3.05) is 6.54 Å². The van der Waals surface area contributed by atoms with Gasteiger partial charge in [-0.1, -0.05) is 19.4 Å². The number of hydrogen-bond donors (Lipinski definition) is 2. The Morgan fingerprint density at radius 2 is 1.90 bits per heavy atom. The number of amides is 2. The maximum atomic E-state index is 13.1. The summed E-state index contributed by atoms with van der Waals surface area (Å²) in [5, 5.41) is 5.50. The van der Waals surface area contributed by atoms with Gasteiger partial charge in [0.1, 0.15) is 6.04 Å². The summed E-state index contributed by atoms with van der Waals surface area (Å²) >= 11 is 0. The third kappa shape index (κ3) is 5.57. The number of hydrogen-bond acceptors (Lipinski definition) is 4. The van der Waals surface area contributed by atoms with E-state index in [0.29, 0.717) is 12.1 Å². The summed E-state index contributed by atoms with van der Waals surface area (Å²) in [6.45, 7) is 9.63. The number of piperidine rings is 1. The van der Waals surface area contributed by atoms with E-state index in [4.69, 9.17) is 0 Å². The molecule has 2 rings (SSSR count). The average Bonchev–Trinajstić information content (AvgIpc) is 2.67. The van der Waals surface area contributed by atoms with Gasteiger partial charge in [-0.25, -0.2) is 8.42 Å². The summed E-state index contributed by atoms with van der Waals surface area (Å²) in [4.78, 5) is 25.1. The predicted molar refractivity (Wildman–Crippen MR) is 113 cm³/mol. The smallest absolute Gasteiger partial charge is 0.252 e. The van der Waals surface area contributed by atoms with Gasteiger partial charge in [0.2, 0.25) is 15.9 Å². The molecule has 0 spiro atoms. The fraction of sp³-hybridized carbons (Fsp3) is 0.619. The van der Waals surface area contributed by atoms with Crippen molar-refractivity contribution in [3.8, 4) is 0 Å². The molecule has 0 aliphatic carbocycles. The molecule has 2 amide bonds. The minimum Gasteiger partial charge on any atom is -0.352 e. The molecule has 3 atom stereocenters. The molecule has 7 nitrogen and oxygen atoms in total. The van der Waals surface area contributed by atoms with Crippen LogP contribution in [0.2, 0.25) is 0 Å².